The first-order valence-corrected chi connectivity index (χ1v) is 5.71. The number of hydrogen-bond donors (Lipinski definition) is 3. The summed E-state index contributed by atoms with van der Waals surface area (Å²) in [7, 11) is 1.80. The molecule has 1 aromatic rings. The van der Waals surface area contributed by atoms with Crippen LogP contribution in [0, 0.1) is 6.92 Å². The van der Waals surface area contributed by atoms with E-state index in [1.165, 1.54) is 0 Å². The molecule has 16 heavy (non-hydrogen) atoms. The molecule has 2 atom stereocenters. The average molecular weight is 244 g/mol. The standard InChI is InChI=1S/C12H18ClNO2/c1-8-3-4-9(10(13)7-8)12(16)11(15)5-6-14-2/h3-4,7,11-12,14-16H,5-6H2,1-2H3. The normalized spacial score (nSPS) is 14.8. The maximum absolute atomic E-state index is 9.93. The number of rotatable bonds is 5. The van der Waals surface area contributed by atoms with Crippen LogP contribution < -0.4 is 5.32 Å². The Labute approximate surface area is 101 Å². The van der Waals surface area contributed by atoms with E-state index in [1.807, 2.05) is 13.0 Å². The van der Waals surface area contributed by atoms with Crippen LogP contribution in [0.25, 0.3) is 0 Å². The van der Waals surface area contributed by atoms with Crippen LogP contribution in [0.5, 0.6) is 0 Å². The number of benzene rings is 1. The van der Waals surface area contributed by atoms with Crippen LogP contribution in [0.2, 0.25) is 5.02 Å². The SMILES string of the molecule is CNCCC(O)C(O)c1ccc(C)cc1Cl. The van der Waals surface area contributed by atoms with Gasteiger partial charge in [0, 0.05) is 10.6 Å². The topological polar surface area (TPSA) is 52.5 Å². The molecule has 90 valence electrons. The third-order valence-corrected chi connectivity index (χ3v) is 2.86. The molecule has 0 bridgehead atoms. The second kappa shape index (κ2) is 6.21. The van der Waals surface area contributed by atoms with Crippen LogP contribution in [0.4, 0.5) is 0 Å². The van der Waals surface area contributed by atoms with Crippen LogP contribution in [-0.4, -0.2) is 29.9 Å². The summed E-state index contributed by atoms with van der Waals surface area (Å²) in [4.78, 5) is 0. The van der Waals surface area contributed by atoms with E-state index in [0.717, 1.165) is 5.56 Å². The smallest absolute Gasteiger partial charge is 0.106 e. The molecule has 0 aromatic heterocycles. The van der Waals surface area contributed by atoms with E-state index in [-0.39, 0.29) is 0 Å². The Hall–Kier alpha value is -0.610. The van der Waals surface area contributed by atoms with E-state index >= 15 is 0 Å². The molecule has 0 spiro atoms. The highest BCUT2D eigenvalue weighted by atomic mass is 35.5. The van der Waals surface area contributed by atoms with Gasteiger partial charge in [-0.1, -0.05) is 23.7 Å². The van der Waals surface area contributed by atoms with Gasteiger partial charge in [0.05, 0.1) is 6.10 Å². The molecule has 1 rings (SSSR count). The molecule has 0 aliphatic heterocycles. The fraction of sp³-hybridized carbons (Fsp3) is 0.500. The number of nitrogens with one attached hydrogen (secondary N) is 1. The first kappa shape index (κ1) is 13.5. The first-order valence-electron chi connectivity index (χ1n) is 5.33. The molecule has 0 aliphatic carbocycles. The van der Waals surface area contributed by atoms with Crippen LogP contribution in [-0.2, 0) is 0 Å². The van der Waals surface area contributed by atoms with Crippen molar-refractivity contribution in [2.75, 3.05) is 13.6 Å². The monoisotopic (exact) mass is 243 g/mol. The third-order valence-electron chi connectivity index (χ3n) is 2.53. The molecule has 4 heteroatoms. The van der Waals surface area contributed by atoms with E-state index in [1.54, 1.807) is 19.2 Å². The minimum absolute atomic E-state index is 0.488. The van der Waals surface area contributed by atoms with Crippen molar-refractivity contribution in [3.8, 4) is 0 Å². The molecule has 0 radical (unpaired) electrons. The quantitative estimate of drug-likeness (QED) is 0.737. The van der Waals surface area contributed by atoms with Crippen molar-refractivity contribution in [2.45, 2.75) is 25.6 Å². The van der Waals surface area contributed by atoms with Gasteiger partial charge in [0.1, 0.15) is 6.10 Å². The van der Waals surface area contributed by atoms with Gasteiger partial charge in [0.15, 0.2) is 0 Å². The summed E-state index contributed by atoms with van der Waals surface area (Å²) in [5.74, 6) is 0. The second-order valence-electron chi connectivity index (χ2n) is 3.93. The Balaban J connectivity index is 2.75. The Morgan fingerprint density at radius 2 is 2.06 bits per heavy atom. The fourth-order valence-corrected chi connectivity index (χ4v) is 1.88. The Morgan fingerprint density at radius 1 is 1.38 bits per heavy atom. The van der Waals surface area contributed by atoms with Crippen LogP contribution >= 0.6 is 11.6 Å². The summed E-state index contributed by atoms with van der Waals surface area (Å²) in [5, 5.41) is 23.1. The molecule has 0 heterocycles. The molecule has 1 aromatic carbocycles. The second-order valence-corrected chi connectivity index (χ2v) is 4.34. The molecular formula is C12H18ClNO2. The van der Waals surface area contributed by atoms with Gasteiger partial charge in [-0.2, -0.15) is 0 Å². The van der Waals surface area contributed by atoms with E-state index in [2.05, 4.69) is 5.32 Å². The molecular weight excluding hydrogens is 226 g/mol. The van der Waals surface area contributed by atoms with Gasteiger partial charge in [0.25, 0.3) is 0 Å². The Kier molecular flexibility index (Phi) is 5.22. The molecule has 0 saturated carbocycles. The lowest BCUT2D eigenvalue weighted by atomic mass is 10.0. The maximum atomic E-state index is 9.93. The van der Waals surface area contributed by atoms with E-state index < -0.39 is 12.2 Å². The molecule has 3 nitrogen and oxygen atoms in total. The summed E-state index contributed by atoms with van der Waals surface area (Å²) in [5.41, 5.74) is 1.61. The summed E-state index contributed by atoms with van der Waals surface area (Å²) in [6.45, 7) is 2.58. The van der Waals surface area contributed by atoms with Crippen molar-refractivity contribution in [3.05, 3.63) is 34.3 Å². The predicted molar refractivity (Wildman–Crippen MR) is 65.7 cm³/mol. The predicted octanol–water partition coefficient (Wildman–Crippen LogP) is 1.65. The van der Waals surface area contributed by atoms with Gasteiger partial charge in [-0.3, -0.25) is 0 Å². The van der Waals surface area contributed by atoms with Crippen molar-refractivity contribution in [1.29, 1.82) is 0 Å². The number of aryl methyl sites for hydroxylation is 1. The minimum Gasteiger partial charge on any atom is -0.390 e. The molecule has 3 N–H and O–H groups in total. The number of aliphatic hydroxyl groups is 2. The maximum Gasteiger partial charge on any atom is 0.106 e. The summed E-state index contributed by atoms with van der Waals surface area (Å²) >= 11 is 6.02. The lowest BCUT2D eigenvalue weighted by molar-refractivity contribution is 0.0141. The first-order chi connectivity index (χ1) is 7.56. The molecule has 0 saturated heterocycles. The van der Waals surface area contributed by atoms with Gasteiger partial charge >= 0.3 is 0 Å². The lowest BCUT2D eigenvalue weighted by Gasteiger charge is -2.19. The zero-order valence-electron chi connectivity index (χ0n) is 9.57. The van der Waals surface area contributed by atoms with Crippen molar-refractivity contribution < 1.29 is 10.2 Å². The van der Waals surface area contributed by atoms with Gasteiger partial charge in [-0.05, 0) is 38.6 Å². The minimum atomic E-state index is -0.929. The van der Waals surface area contributed by atoms with Crippen molar-refractivity contribution in [2.24, 2.45) is 0 Å². The number of halogens is 1. The van der Waals surface area contributed by atoms with E-state index in [9.17, 15) is 10.2 Å². The van der Waals surface area contributed by atoms with Crippen molar-refractivity contribution in [1.82, 2.24) is 5.32 Å². The molecule has 0 aliphatic rings. The largest absolute Gasteiger partial charge is 0.390 e. The third kappa shape index (κ3) is 3.46. The van der Waals surface area contributed by atoms with Crippen molar-refractivity contribution in [3.63, 3.8) is 0 Å². The summed E-state index contributed by atoms with van der Waals surface area (Å²) in [6, 6.07) is 5.41. The van der Waals surface area contributed by atoms with E-state index in [0.29, 0.717) is 23.6 Å². The Bertz CT molecular complexity index is 344. The van der Waals surface area contributed by atoms with Gasteiger partial charge in [-0.15, -0.1) is 0 Å². The average Bonchev–Trinajstić information content (AvgIpc) is 2.25. The van der Waals surface area contributed by atoms with Crippen molar-refractivity contribution >= 4 is 11.6 Å². The zero-order valence-corrected chi connectivity index (χ0v) is 10.3. The summed E-state index contributed by atoms with van der Waals surface area (Å²) < 4.78 is 0. The van der Waals surface area contributed by atoms with Gasteiger partial charge < -0.3 is 15.5 Å². The van der Waals surface area contributed by atoms with Gasteiger partial charge in [0.2, 0.25) is 0 Å². The number of aliphatic hydroxyl groups excluding tert-OH is 2. The molecule has 2 unspecified atom stereocenters. The highest BCUT2D eigenvalue weighted by Crippen LogP contribution is 2.27. The fourth-order valence-electron chi connectivity index (χ4n) is 1.53. The lowest BCUT2D eigenvalue weighted by Crippen LogP contribution is -2.23. The van der Waals surface area contributed by atoms with E-state index in [4.69, 9.17) is 11.6 Å². The molecule has 0 fully saturated rings. The zero-order chi connectivity index (χ0) is 12.1. The summed E-state index contributed by atoms with van der Waals surface area (Å²) in [6.07, 6.45) is -1.24. The van der Waals surface area contributed by atoms with Crippen LogP contribution in [0.1, 0.15) is 23.7 Å². The van der Waals surface area contributed by atoms with Crippen LogP contribution in [0.3, 0.4) is 0 Å². The molecule has 0 amide bonds. The number of hydrogen-bond acceptors (Lipinski definition) is 3. The van der Waals surface area contributed by atoms with Crippen LogP contribution in [0.15, 0.2) is 18.2 Å². The highest BCUT2D eigenvalue weighted by molar-refractivity contribution is 6.31. The van der Waals surface area contributed by atoms with Gasteiger partial charge in [-0.25, -0.2) is 0 Å². The highest BCUT2D eigenvalue weighted by Gasteiger charge is 2.20. The Morgan fingerprint density at radius 3 is 2.62 bits per heavy atom.